The summed E-state index contributed by atoms with van der Waals surface area (Å²) in [6, 6.07) is 1.99. The summed E-state index contributed by atoms with van der Waals surface area (Å²) in [5, 5.41) is 7.40. The maximum absolute atomic E-state index is 12.4. The van der Waals surface area contributed by atoms with Crippen molar-refractivity contribution in [2.24, 2.45) is 7.05 Å². The van der Waals surface area contributed by atoms with Crippen molar-refractivity contribution in [3.8, 4) is 5.88 Å². The lowest BCUT2D eigenvalue weighted by atomic mass is 10.0. The standard InChI is InChI=1S/C15H20N6O2/c1-20-12(3-6-18-20)15(22)21-9-4-11(5-10-21)19-13-14(23-2)17-8-7-16-13/h3,6-8,11H,4-5,9-10H2,1-2H3,(H,16,19). The summed E-state index contributed by atoms with van der Waals surface area (Å²) in [5.74, 6) is 1.16. The molecule has 0 atom stereocenters. The average Bonchev–Trinajstić information content (AvgIpc) is 3.01. The number of piperidine rings is 1. The van der Waals surface area contributed by atoms with Gasteiger partial charge in [0.1, 0.15) is 5.69 Å². The van der Waals surface area contributed by atoms with Crippen molar-refractivity contribution < 1.29 is 9.53 Å². The van der Waals surface area contributed by atoms with E-state index in [4.69, 9.17) is 4.74 Å². The monoisotopic (exact) mass is 316 g/mol. The van der Waals surface area contributed by atoms with Crippen molar-refractivity contribution in [1.82, 2.24) is 24.6 Å². The molecule has 3 rings (SSSR count). The number of amides is 1. The minimum absolute atomic E-state index is 0.0283. The zero-order valence-electron chi connectivity index (χ0n) is 13.3. The number of ether oxygens (including phenoxy) is 1. The molecule has 0 radical (unpaired) electrons. The molecule has 0 aliphatic carbocycles. The topological polar surface area (TPSA) is 85.2 Å². The molecule has 2 aromatic heterocycles. The van der Waals surface area contributed by atoms with Crippen molar-refractivity contribution >= 4 is 11.7 Å². The molecule has 3 heterocycles. The maximum Gasteiger partial charge on any atom is 0.272 e. The number of carbonyl (C=O) groups excluding carboxylic acids is 1. The first-order valence-electron chi connectivity index (χ1n) is 7.58. The number of aromatic nitrogens is 4. The molecular formula is C15H20N6O2. The van der Waals surface area contributed by atoms with Gasteiger partial charge < -0.3 is 15.0 Å². The summed E-state index contributed by atoms with van der Waals surface area (Å²) in [5.41, 5.74) is 0.618. The van der Waals surface area contributed by atoms with Crippen molar-refractivity contribution in [2.45, 2.75) is 18.9 Å². The number of likely N-dealkylation sites (tertiary alicyclic amines) is 1. The van der Waals surface area contributed by atoms with Gasteiger partial charge >= 0.3 is 0 Å². The Morgan fingerprint density at radius 1 is 1.26 bits per heavy atom. The first-order valence-corrected chi connectivity index (χ1v) is 7.58. The average molecular weight is 316 g/mol. The van der Waals surface area contributed by atoms with E-state index >= 15 is 0 Å². The van der Waals surface area contributed by atoms with Crippen molar-refractivity contribution in [3.05, 3.63) is 30.4 Å². The summed E-state index contributed by atoms with van der Waals surface area (Å²) in [6.07, 6.45) is 6.57. The summed E-state index contributed by atoms with van der Waals surface area (Å²) < 4.78 is 6.81. The van der Waals surface area contributed by atoms with Gasteiger partial charge in [-0.25, -0.2) is 9.97 Å². The summed E-state index contributed by atoms with van der Waals surface area (Å²) >= 11 is 0. The van der Waals surface area contributed by atoms with Gasteiger partial charge in [0.15, 0.2) is 5.82 Å². The molecule has 0 spiro atoms. The van der Waals surface area contributed by atoms with Gasteiger partial charge in [-0.05, 0) is 18.9 Å². The van der Waals surface area contributed by atoms with Crippen LogP contribution in [0.15, 0.2) is 24.7 Å². The van der Waals surface area contributed by atoms with Crippen LogP contribution < -0.4 is 10.1 Å². The van der Waals surface area contributed by atoms with Crippen molar-refractivity contribution in [3.63, 3.8) is 0 Å². The second-order valence-corrected chi connectivity index (χ2v) is 5.47. The fraction of sp³-hybridized carbons (Fsp3) is 0.467. The molecule has 0 saturated carbocycles. The van der Waals surface area contributed by atoms with E-state index in [2.05, 4.69) is 20.4 Å². The second-order valence-electron chi connectivity index (χ2n) is 5.47. The molecule has 1 fully saturated rings. The van der Waals surface area contributed by atoms with Gasteiger partial charge in [0, 0.05) is 44.8 Å². The van der Waals surface area contributed by atoms with E-state index in [0.717, 1.165) is 12.8 Å². The number of hydrogen-bond donors (Lipinski definition) is 1. The number of hydrogen-bond acceptors (Lipinski definition) is 6. The van der Waals surface area contributed by atoms with Crippen LogP contribution in [0.5, 0.6) is 5.88 Å². The van der Waals surface area contributed by atoms with E-state index in [-0.39, 0.29) is 11.9 Å². The third kappa shape index (κ3) is 3.25. The minimum atomic E-state index is 0.0283. The lowest BCUT2D eigenvalue weighted by Crippen LogP contribution is -2.43. The highest BCUT2D eigenvalue weighted by molar-refractivity contribution is 5.92. The van der Waals surface area contributed by atoms with E-state index in [0.29, 0.717) is 30.5 Å². The Morgan fingerprint density at radius 3 is 2.65 bits per heavy atom. The normalized spacial score (nSPS) is 15.5. The molecule has 8 nitrogen and oxygen atoms in total. The number of aryl methyl sites for hydroxylation is 1. The molecular weight excluding hydrogens is 296 g/mol. The maximum atomic E-state index is 12.4. The number of nitrogens with zero attached hydrogens (tertiary/aromatic N) is 5. The van der Waals surface area contributed by atoms with E-state index in [1.807, 2.05) is 4.90 Å². The Hall–Kier alpha value is -2.64. The highest BCUT2D eigenvalue weighted by atomic mass is 16.5. The zero-order valence-corrected chi connectivity index (χ0v) is 13.3. The molecule has 2 aromatic rings. The van der Waals surface area contributed by atoms with Crippen LogP contribution in [0.3, 0.4) is 0 Å². The molecule has 1 aliphatic rings. The van der Waals surface area contributed by atoms with Crippen molar-refractivity contribution in [1.29, 1.82) is 0 Å². The van der Waals surface area contributed by atoms with E-state index < -0.39 is 0 Å². The van der Waals surface area contributed by atoms with Crippen LogP contribution in [0.1, 0.15) is 23.3 Å². The second kappa shape index (κ2) is 6.64. The fourth-order valence-electron chi connectivity index (χ4n) is 2.74. The van der Waals surface area contributed by atoms with Gasteiger partial charge in [-0.15, -0.1) is 0 Å². The number of nitrogens with one attached hydrogen (secondary N) is 1. The molecule has 0 bridgehead atoms. The predicted molar refractivity (Wildman–Crippen MR) is 84.3 cm³/mol. The zero-order chi connectivity index (χ0) is 16.2. The number of methoxy groups -OCH3 is 1. The molecule has 23 heavy (non-hydrogen) atoms. The van der Waals surface area contributed by atoms with Crippen LogP contribution in [0, 0.1) is 0 Å². The lowest BCUT2D eigenvalue weighted by molar-refractivity contribution is 0.0707. The summed E-state index contributed by atoms with van der Waals surface area (Å²) in [7, 11) is 3.35. The summed E-state index contributed by atoms with van der Waals surface area (Å²) in [6.45, 7) is 1.40. The Morgan fingerprint density at radius 2 is 2.00 bits per heavy atom. The third-order valence-electron chi connectivity index (χ3n) is 4.02. The van der Waals surface area contributed by atoms with Gasteiger partial charge in [0.05, 0.1) is 7.11 Å². The van der Waals surface area contributed by atoms with Crippen molar-refractivity contribution in [2.75, 3.05) is 25.5 Å². The highest BCUT2D eigenvalue weighted by Crippen LogP contribution is 2.22. The molecule has 0 unspecified atom stereocenters. The van der Waals surface area contributed by atoms with Gasteiger partial charge in [-0.1, -0.05) is 0 Å². The van der Waals surface area contributed by atoms with Gasteiger partial charge in [-0.2, -0.15) is 5.10 Å². The quantitative estimate of drug-likeness (QED) is 0.903. The Kier molecular flexibility index (Phi) is 4.40. The summed E-state index contributed by atoms with van der Waals surface area (Å²) in [4.78, 5) is 22.7. The third-order valence-corrected chi connectivity index (χ3v) is 4.02. The van der Waals surface area contributed by atoms with Gasteiger partial charge in [0.2, 0.25) is 0 Å². The fourth-order valence-corrected chi connectivity index (χ4v) is 2.74. The SMILES string of the molecule is COc1nccnc1NC1CCN(C(=O)c2ccnn2C)CC1. The predicted octanol–water partition coefficient (Wildman–Crippen LogP) is 0.935. The molecule has 122 valence electrons. The molecule has 8 heteroatoms. The number of carbonyl (C=O) groups is 1. The van der Waals surface area contributed by atoms with E-state index in [9.17, 15) is 4.79 Å². The smallest absolute Gasteiger partial charge is 0.272 e. The van der Waals surface area contributed by atoms with Crippen LogP contribution in [-0.4, -0.2) is 56.8 Å². The number of rotatable bonds is 4. The molecule has 1 saturated heterocycles. The minimum Gasteiger partial charge on any atom is -0.478 e. The van der Waals surface area contributed by atoms with Crippen LogP contribution in [-0.2, 0) is 7.05 Å². The van der Waals surface area contributed by atoms with Crippen LogP contribution in [0.2, 0.25) is 0 Å². The molecule has 0 aromatic carbocycles. The van der Waals surface area contributed by atoms with Gasteiger partial charge in [0.25, 0.3) is 11.8 Å². The van der Waals surface area contributed by atoms with Crippen LogP contribution >= 0.6 is 0 Å². The Bertz CT molecular complexity index is 678. The first kappa shape index (κ1) is 15.3. The molecule has 1 N–H and O–H groups in total. The Balaban J connectivity index is 1.58. The van der Waals surface area contributed by atoms with Crippen LogP contribution in [0.4, 0.5) is 5.82 Å². The van der Waals surface area contributed by atoms with Gasteiger partial charge in [-0.3, -0.25) is 9.48 Å². The number of anilines is 1. The Labute approximate surface area is 134 Å². The molecule has 1 aliphatic heterocycles. The highest BCUT2D eigenvalue weighted by Gasteiger charge is 2.25. The van der Waals surface area contributed by atoms with Crippen LogP contribution in [0.25, 0.3) is 0 Å². The molecule has 1 amide bonds. The lowest BCUT2D eigenvalue weighted by Gasteiger charge is -2.32. The largest absolute Gasteiger partial charge is 0.478 e. The van der Waals surface area contributed by atoms with E-state index in [1.54, 1.807) is 43.5 Å². The van der Waals surface area contributed by atoms with E-state index in [1.165, 1.54) is 0 Å². The first-order chi connectivity index (χ1) is 11.2.